The number of hydrogen-bond donors (Lipinski definition) is 2. The molecule has 3 N–H and O–H groups in total. The van der Waals surface area contributed by atoms with Crippen LogP contribution in [0.2, 0.25) is 0 Å². The average molecular weight is 470 g/mol. The number of nitrogen functional groups attached to an aromatic ring is 1. The van der Waals surface area contributed by atoms with Gasteiger partial charge in [0.25, 0.3) is 5.91 Å². The molecule has 1 amide bonds. The number of likely N-dealkylation sites (N-methyl/N-ethyl adjacent to an activating group) is 1. The van der Waals surface area contributed by atoms with Gasteiger partial charge in [-0.3, -0.25) is 4.79 Å². The molecule has 2 aliphatic carbocycles. The van der Waals surface area contributed by atoms with Gasteiger partial charge in [-0.2, -0.15) is 4.98 Å². The lowest BCUT2D eigenvalue weighted by molar-refractivity contribution is -0.145. The van der Waals surface area contributed by atoms with Crippen molar-refractivity contribution in [1.82, 2.24) is 24.8 Å². The van der Waals surface area contributed by atoms with Crippen LogP contribution in [0.4, 0.5) is 11.9 Å². The molecule has 0 spiro atoms. The topological polar surface area (TPSA) is 140 Å². The number of aliphatic hydroxyl groups excluding tert-OH is 1. The Kier molecular flexibility index (Phi) is 6.22. The van der Waals surface area contributed by atoms with E-state index in [0.29, 0.717) is 50.1 Å². The predicted octanol–water partition coefficient (Wildman–Crippen LogP) is 0.880. The van der Waals surface area contributed by atoms with Crippen LogP contribution in [-0.4, -0.2) is 86.9 Å². The van der Waals surface area contributed by atoms with Crippen molar-refractivity contribution >= 4 is 17.8 Å². The first-order valence-corrected chi connectivity index (χ1v) is 11.8. The third kappa shape index (κ3) is 4.76. The summed E-state index contributed by atoms with van der Waals surface area (Å²) in [5.74, 6) is 1.16. The standard InChI is InChI=1S/C23H31N7O4/c1-13-12-33-6-5-30(13)23-27-18(15-10-25-22(24)26-11-15)9-19(28-23)34-17-7-16(8-17)29(2)21(32)20(31)14-3-4-14/h9-11,13-14,16-17,20,31H,3-8,12H2,1-2H3,(H2,24,25,26)/t13-,16?,17?,20+/m0/s1. The predicted molar refractivity (Wildman–Crippen MR) is 124 cm³/mol. The molecule has 1 aliphatic heterocycles. The molecule has 0 bridgehead atoms. The van der Waals surface area contributed by atoms with Gasteiger partial charge in [-0.1, -0.05) is 0 Å². The summed E-state index contributed by atoms with van der Waals surface area (Å²) in [6.07, 6.45) is 5.54. The number of nitrogens with two attached hydrogens (primary N) is 1. The van der Waals surface area contributed by atoms with Crippen molar-refractivity contribution in [2.45, 2.75) is 56.9 Å². The number of rotatable bonds is 7. The summed E-state index contributed by atoms with van der Waals surface area (Å²) in [4.78, 5) is 33.8. The van der Waals surface area contributed by atoms with Gasteiger partial charge in [-0.25, -0.2) is 15.0 Å². The van der Waals surface area contributed by atoms with Crippen LogP contribution in [0.1, 0.15) is 32.6 Å². The third-order valence-electron chi connectivity index (χ3n) is 6.86. The van der Waals surface area contributed by atoms with Gasteiger partial charge in [0.2, 0.25) is 17.8 Å². The minimum atomic E-state index is -0.880. The zero-order valence-corrected chi connectivity index (χ0v) is 19.5. The van der Waals surface area contributed by atoms with E-state index in [1.807, 2.05) is 0 Å². The molecule has 2 saturated carbocycles. The number of aromatic nitrogens is 4. The van der Waals surface area contributed by atoms with E-state index >= 15 is 0 Å². The van der Waals surface area contributed by atoms with Crippen LogP contribution in [0.3, 0.4) is 0 Å². The summed E-state index contributed by atoms with van der Waals surface area (Å²) < 4.78 is 11.8. The van der Waals surface area contributed by atoms with Gasteiger partial charge in [-0.15, -0.1) is 0 Å². The van der Waals surface area contributed by atoms with E-state index < -0.39 is 6.10 Å². The van der Waals surface area contributed by atoms with Crippen molar-refractivity contribution in [3.8, 4) is 17.1 Å². The molecule has 3 aliphatic rings. The molecular weight excluding hydrogens is 438 g/mol. The van der Waals surface area contributed by atoms with Gasteiger partial charge in [-0.05, 0) is 25.7 Å². The van der Waals surface area contributed by atoms with Crippen LogP contribution in [0, 0.1) is 5.92 Å². The van der Waals surface area contributed by atoms with Crippen LogP contribution in [0.15, 0.2) is 18.5 Å². The highest BCUT2D eigenvalue weighted by molar-refractivity contribution is 5.81. The second-order valence-electron chi connectivity index (χ2n) is 9.44. The monoisotopic (exact) mass is 469 g/mol. The summed E-state index contributed by atoms with van der Waals surface area (Å²) in [6.45, 7) is 3.97. The SMILES string of the molecule is C[C@H]1COCCN1c1nc(OC2CC(N(C)C(=O)[C@H](O)C3CC3)C2)cc(-c2cnc(N)nc2)n1. The Morgan fingerprint density at radius 3 is 2.71 bits per heavy atom. The third-order valence-corrected chi connectivity index (χ3v) is 6.86. The lowest BCUT2D eigenvalue weighted by atomic mass is 9.87. The van der Waals surface area contributed by atoms with Crippen molar-refractivity contribution in [3.63, 3.8) is 0 Å². The number of aliphatic hydroxyl groups is 1. The Balaban J connectivity index is 1.31. The largest absolute Gasteiger partial charge is 0.474 e. The molecule has 1 saturated heterocycles. The molecule has 0 aromatic carbocycles. The van der Waals surface area contributed by atoms with Crippen molar-refractivity contribution in [3.05, 3.63) is 18.5 Å². The molecule has 11 nitrogen and oxygen atoms in total. The molecule has 34 heavy (non-hydrogen) atoms. The first-order valence-electron chi connectivity index (χ1n) is 11.8. The summed E-state index contributed by atoms with van der Waals surface area (Å²) >= 11 is 0. The molecule has 0 radical (unpaired) electrons. The maximum absolute atomic E-state index is 12.5. The van der Waals surface area contributed by atoms with Gasteiger partial charge in [0.1, 0.15) is 12.2 Å². The van der Waals surface area contributed by atoms with Gasteiger partial charge in [0.05, 0.1) is 24.9 Å². The van der Waals surface area contributed by atoms with Crippen LogP contribution in [0.5, 0.6) is 5.88 Å². The fraction of sp³-hybridized carbons (Fsp3) is 0.609. The number of hydrogen-bond acceptors (Lipinski definition) is 10. The molecule has 11 heteroatoms. The number of ether oxygens (including phenoxy) is 2. The number of carbonyl (C=O) groups excluding carboxylic acids is 1. The first kappa shape index (κ1) is 22.7. The Bertz CT molecular complexity index is 1030. The second kappa shape index (κ2) is 9.30. The van der Waals surface area contributed by atoms with E-state index in [4.69, 9.17) is 20.2 Å². The quantitative estimate of drug-likeness (QED) is 0.600. The highest BCUT2D eigenvalue weighted by Crippen LogP contribution is 2.36. The first-order chi connectivity index (χ1) is 16.4. The van der Waals surface area contributed by atoms with Crippen molar-refractivity contribution in [1.29, 1.82) is 0 Å². The van der Waals surface area contributed by atoms with Gasteiger partial charge >= 0.3 is 0 Å². The van der Waals surface area contributed by atoms with Crippen molar-refractivity contribution < 1.29 is 19.4 Å². The Labute approximate surface area is 198 Å². The zero-order chi connectivity index (χ0) is 23.8. The summed E-state index contributed by atoms with van der Waals surface area (Å²) in [5.41, 5.74) is 7.01. The minimum Gasteiger partial charge on any atom is -0.474 e. The van der Waals surface area contributed by atoms with E-state index in [2.05, 4.69) is 26.8 Å². The van der Waals surface area contributed by atoms with Crippen LogP contribution in [-0.2, 0) is 9.53 Å². The lowest BCUT2D eigenvalue weighted by Gasteiger charge is -2.41. The molecule has 0 unspecified atom stereocenters. The summed E-state index contributed by atoms with van der Waals surface area (Å²) in [7, 11) is 1.76. The highest BCUT2D eigenvalue weighted by Gasteiger charge is 2.41. The molecule has 182 valence electrons. The maximum Gasteiger partial charge on any atom is 0.251 e. The van der Waals surface area contributed by atoms with E-state index in [9.17, 15) is 9.90 Å². The number of nitrogens with zero attached hydrogens (tertiary/aromatic N) is 6. The van der Waals surface area contributed by atoms with Crippen LogP contribution < -0.4 is 15.4 Å². The van der Waals surface area contributed by atoms with E-state index in [1.165, 1.54) is 0 Å². The number of amides is 1. The summed E-state index contributed by atoms with van der Waals surface area (Å²) in [5, 5.41) is 10.2. The molecule has 3 heterocycles. The minimum absolute atomic E-state index is 0.0523. The summed E-state index contributed by atoms with van der Waals surface area (Å²) in [6, 6.07) is 1.96. The molecule has 2 atom stereocenters. The Hall–Kier alpha value is -3.05. The molecule has 3 fully saturated rings. The van der Waals surface area contributed by atoms with Crippen LogP contribution >= 0.6 is 0 Å². The molecular formula is C23H31N7O4. The normalized spacial score (nSPS) is 25.4. The van der Waals surface area contributed by atoms with Crippen LogP contribution in [0.25, 0.3) is 11.3 Å². The van der Waals surface area contributed by atoms with Crippen molar-refractivity contribution in [2.24, 2.45) is 5.92 Å². The average Bonchev–Trinajstić information content (AvgIpc) is 3.66. The highest BCUT2D eigenvalue weighted by atomic mass is 16.5. The fourth-order valence-corrected chi connectivity index (χ4v) is 4.37. The van der Waals surface area contributed by atoms with E-state index in [-0.39, 0.29) is 36.0 Å². The lowest BCUT2D eigenvalue weighted by Crippen LogP contribution is -2.52. The Morgan fingerprint density at radius 1 is 1.29 bits per heavy atom. The maximum atomic E-state index is 12.5. The molecule has 2 aromatic rings. The van der Waals surface area contributed by atoms with Gasteiger partial charge < -0.3 is 30.1 Å². The number of morpholine rings is 1. The second-order valence-corrected chi connectivity index (χ2v) is 9.44. The molecule has 5 rings (SSSR count). The van der Waals surface area contributed by atoms with E-state index in [0.717, 1.165) is 18.4 Å². The van der Waals surface area contributed by atoms with Gasteiger partial charge in [0.15, 0.2) is 0 Å². The van der Waals surface area contributed by atoms with Gasteiger partial charge in [0, 0.05) is 56.5 Å². The zero-order valence-electron chi connectivity index (χ0n) is 19.5. The smallest absolute Gasteiger partial charge is 0.251 e. The Morgan fingerprint density at radius 2 is 2.03 bits per heavy atom. The number of anilines is 2. The van der Waals surface area contributed by atoms with E-state index in [1.54, 1.807) is 30.4 Å². The fourth-order valence-electron chi connectivity index (χ4n) is 4.37. The molecule has 2 aromatic heterocycles. The van der Waals surface area contributed by atoms with Crippen molar-refractivity contribution in [2.75, 3.05) is 37.4 Å². The number of carbonyl (C=O) groups is 1.